The second-order valence-corrected chi connectivity index (χ2v) is 5.29. The zero-order valence-corrected chi connectivity index (χ0v) is 12.8. The number of hydrazone groups is 1. The summed E-state index contributed by atoms with van der Waals surface area (Å²) in [5.41, 5.74) is 10.7. The second-order valence-electron chi connectivity index (χ2n) is 4.41. The van der Waals surface area contributed by atoms with Crippen LogP contribution in [0.5, 0.6) is 0 Å². The molecular formula is C16H15N5S. The average molecular weight is 309 g/mol. The van der Waals surface area contributed by atoms with E-state index in [1.807, 2.05) is 30.5 Å². The zero-order valence-electron chi connectivity index (χ0n) is 12.0. The minimum Gasteiger partial charge on any atom is -0.382 e. The number of anilines is 1. The predicted octanol–water partition coefficient (Wildman–Crippen LogP) is 3.30. The molecule has 0 amide bonds. The molecule has 2 aromatic carbocycles. The number of amidine groups is 1. The van der Waals surface area contributed by atoms with Crippen molar-refractivity contribution in [1.82, 2.24) is 0 Å². The fourth-order valence-electron chi connectivity index (χ4n) is 1.82. The Hall–Kier alpha value is -2.78. The first-order valence-electron chi connectivity index (χ1n) is 6.46. The molecule has 22 heavy (non-hydrogen) atoms. The molecule has 0 aliphatic heterocycles. The van der Waals surface area contributed by atoms with E-state index in [1.165, 1.54) is 4.90 Å². The highest BCUT2D eigenvalue weighted by Gasteiger charge is 2.02. The van der Waals surface area contributed by atoms with Crippen LogP contribution >= 0.6 is 11.8 Å². The third-order valence-electron chi connectivity index (χ3n) is 2.94. The van der Waals surface area contributed by atoms with Crippen molar-refractivity contribution in [3.05, 3.63) is 48.5 Å². The third-order valence-corrected chi connectivity index (χ3v) is 3.69. The van der Waals surface area contributed by atoms with Gasteiger partial charge in [0.25, 0.3) is 0 Å². The van der Waals surface area contributed by atoms with Crippen LogP contribution in [0.15, 0.2) is 58.5 Å². The van der Waals surface area contributed by atoms with Gasteiger partial charge in [-0.3, -0.25) is 10.8 Å². The number of hydrogen-bond acceptors (Lipinski definition) is 5. The zero-order chi connectivity index (χ0) is 15.9. The molecule has 0 atom stereocenters. The van der Waals surface area contributed by atoms with Gasteiger partial charge in [-0.2, -0.15) is 10.4 Å². The Morgan fingerprint density at radius 3 is 2.55 bits per heavy atom. The molecule has 110 valence electrons. The molecule has 2 rings (SSSR count). The van der Waals surface area contributed by atoms with E-state index in [1.54, 1.807) is 17.8 Å². The van der Waals surface area contributed by atoms with Crippen LogP contribution in [0.2, 0.25) is 0 Å². The van der Waals surface area contributed by atoms with Gasteiger partial charge in [-0.05, 0) is 41.6 Å². The summed E-state index contributed by atoms with van der Waals surface area (Å²) in [5, 5.41) is 19.9. The summed E-state index contributed by atoms with van der Waals surface area (Å²) in [7, 11) is 0. The smallest absolute Gasteiger partial charge is 0.201 e. The summed E-state index contributed by atoms with van der Waals surface area (Å²) in [6, 6.07) is 17.7. The van der Waals surface area contributed by atoms with Crippen LogP contribution in [-0.4, -0.2) is 17.8 Å². The minimum absolute atomic E-state index is 0.144. The van der Waals surface area contributed by atoms with Gasteiger partial charge in [-0.25, -0.2) is 0 Å². The van der Waals surface area contributed by atoms with Gasteiger partial charge >= 0.3 is 0 Å². The van der Waals surface area contributed by atoms with Crippen molar-refractivity contribution in [2.45, 2.75) is 4.90 Å². The molecule has 0 unspecified atom stereocenters. The monoisotopic (exact) mass is 309 g/mol. The van der Waals surface area contributed by atoms with E-state index in [2.05, 4.69) is 34.8 Å². The van der Waals surface area contributed by atoms with E-state index in [4.69, 9.17) is 16.4 Å². The van der Waals surface area contributed by atoms with Crippen LogP contribution in [0.1, 0.15) is 0 Å². The lowest BCUT2D eigenvalue weighted by Gasteiger charge is -2.06. The van der Waals surface area contributed by atoms with Gasteiger partial charge < -0.3 is 5.73 Å². The van der Waals surface area contributed by atoms with Crippen molar-refractivity contribution in [1.29, 1.82) is 10.7 Å². The third kappa shape index (κ3) is 3.87. The van der Waals surface area contributed by atoms with Crippen molar-refractivity contribution in [3.63, 3.8) is 0 Å². The first kappa shape index (κ1) is 15.6. The van der Waals surface area contributed by atoms with Crippen molar-refractivity contribution in [3.8, 4) is 17.2 Å². The first-order valence-corrected chi connectivity index (χ1v) is 7.69. The Bertz CT molecular complexity index is 744. The number of nitrogens with zero attached hydrogens (tertiary/aromatic N) is 2. The van der Waals surface area contributed by atoms with Crippen molar-refractivity contribution in [2.75, 3.05) is 11.7 Å². The van der Waals surface area contributed by atoms with Crippen LogP contribution in [0, 0.1) is 16.7 Å². The van der Waals surface area contributed by atoms with E-state index < -0.39 is 0 Å². The summed E-state index contributed by atoms with van der Waals surface area (Å²) in [6.45, 7) is 0. The molecule has 0 spiro atoms. The largest absolute Gasteiger partial charge is 0.382 e. The van der Waals surface area contributed by atoms with Crippen molar-refractivity contribution in [2.24, 2.45) is 10.8 Å². The Labute approximate surface area is 133 Å². The van der Waals surface area contributed by atoms with Crippen LogP contribution in [0.4, 0.5) is 5.69 Å². The first-order chi connectivity index (χ1) is 10.6. The standard InChI is InChI=1S/C16H15N5S/c1-22-14-7-5-11(6-8-14)12-3-2-4-13(9-12)20-21-15(10-17)16(18)19/h2-9,20H,1H3,(H3,18,19)/b21-15+. The van der Waals surface area contributed by atoms with E-state index in [0.717, 1.165) is 16.8 Å². The van der Waals surface area contributed by atoms with Crippen LogP contribution in [0.25, 0.3) is 11.1 Å². The molecule has 2 aromatic rings. The fourth-order valence-corrected chi connectivity index (χ4v) is 2.23. The molecule has 0 aromatic heterocycles. The fraction of sp³-hybridized carbons (Fsp3) is 0.0625. The highest BCUT2D eigenvalue weighted by Crippen LogP contribution is 2.25. The lowest BCUT2D eigenvalue weighted by atomic mass is 10.1. The molecule has 4 N–H and O–H groups in total. The summed E-state index contributed by atoms with van der Waals surface area (Å²) < 4.78 is 0. The van der Waals surface area contributed by atoms with Gasteiger partial charge in [0.15, 0.2) is 5.84 Å². The van der Waals surface area contributed by atoms with Gasteiger partial charge in [0, 0.05) is 4.90 Å². The predicted molar refractivity (Wildman–Crippen MR) is 92.2 cm³/mol. The van der Waals surface area contributed by atoms with Gasteiger partial charge in [-0.1, -0.05) is 24.3 Å². The number of nitrogens with one attached hydrogen (secondary N) is 2. The van der Waals surface area contributed by atoms with Crippen molar-refractivity contribution >= 4 is 29.0 Å². The van der Waals surface area contributed by atoms with Gasteiger partial charge in [-0.15, -0.1) is 11.8 Å². The molecule has 6 heteroatoms. The minimum atomic E-state index is -0.362. The normalized spacial score (nSPS) is 10.8. The SMILES string of the molecule is CSc1ccc(-c2cccc(N/N=C(\C#N)C(=N)N)c2)cc1. The summed E-state index contributed by atoms with van der Waals surface area (Å²) in [6.07, 6.45) is 2.04. The number of rotatable bonds is 5. The topological polar surface area (TPSA) is 98.0 Å². The maximum Gasteiger partial charge on any atom is 0.201 e. The summed E-state index contributed by atoms with van der Waals surface area (Å²) in [4.78, 5) is 1.21. The molecule has 0 saturated heterocycles. The van der Waals surface area contributed by atoms with E-state index in [-0.39, 0.29) is 11.5 Å². The van der Waals surface area contributed by atoms with Crippen LogP contribution in [0.3, 0.4) is 0 Å². The molecule has 0 radical (unpaired) electrons. The average Bonchev–Trinajstić information content (AvgIpc) is 2.55. The van der Waals surface area contributed by atoms with Gasteiger partial charge in [0.1, 0.15) is 6.07 Å². The second kappa shape index (κ2) is 7.29. The Morgan fingerprint density at radius 2 is 1.95 bits per heavy atom. The lowest BCUT2D eigenvalue weighted by Crippen LogP contribution is -2.21. The van der Waals surface area contributed by atoms with Gasteiger partial charge in [0.2, 0.25) is 5.71 Å². The Morgan fingerprint density at radius 1 is 1.23 bits per heavy atom. The van der Waals surface area contributed by atoms with Gasteiger partial charge in [0.05, 0.1) is 5.69 Å². The maximum absolute atomic E-state index is 8.81. The summed E-state index contributed by atoms with van der Waals surface area (Å²) >= 11 is 1.70. The number of hydrogen-bond donors (Lipinski definition) is 3. The molecule has 0 aliphatic carbocycles. The molecule has 0 heterocycles. The lowest BCUT2D eigenvalue weighted by molar-refractivity contribution is 1.33. The maximum atomic E-state index is 8.81. The number of thioether (sulfide) groups is 1. The molecular weight excluding hydrogens is 294 g/mol. The Balaban J connectivity index is 2.23. The van der Waals surface area contributed by atoms with Crippen LogP contribution in [-0.2, 0) is 0 Å². The quantitative estimate of drug-likeness (QED) is 0.341. The number of nitriles is 1. The van der Waals surface area contributed by atoms with Crippen molar-refractivity contribution < 1.29 is 0 Å². The molecule has 0 fully saturated rings. The number of nitrogens with two attached hydrogens (primary N) is 1. The molecule has 0 bridgehead atoms. The Kier molecular flexibility index (Phi) is 5.17. The number of benzene rings is 2. The highest BCUT2D eigenvalue weighted by molar-refractivity contribution is 7.98. The van der Waals surface area contributed by atoms with E-state index in [0.29, 0.717) is 0 Å². The van der Waals surface area contributed by atoms with E-state index in [9.17, 15) is 0 Å². The molecule has 5 nitrogen and oxygen atoms in total. The molecule has 0 aliphatic rings. The summed E-state index contributed by atoms with van der Waals surface area (Å²) in [5.74, 6) is -0.362. The molecule has 0 saturated carbocycles. The van der Waals surface area contributed by atoms with E-state index >= 15 is 0 Å². The highest BCUT2D eigenvalue weighted by atomic mass is 32.2. The van der Waals surface area contributed by atoms with Crippen LogP contribution < -0.4 is 11.2 Å².